The number of carbonyl (C=O) groups excluding carboxylic acids is 2. The largest absolute Gasteiger partial charge is 0.322 e. The molecule has 2 amide bonds. The van der Waals surface area contributed by atoms with Crippen molar-refractivity contribution in [2.24, 2.45) is 0 Å². The van der Waals surface area contributed by atoms with Gasteiger partial charge in [-0.3, -0.25) is 14.9 Å². The quantitative estimate of drug-likeness (QED) is 0.413. The van der Waals surface area contributed by atoms with Crippen LogP contribution in [0.2, 0.25) is 0 Å². The summed E-state index contributed by atoms with van der Waals surface area (Å²) in [6.07, 6.45) is 3.29. The van der Waals surface area contributed by atoms with E-state index in [1.54, 1.807) is 35.8 Å². The summed E-state index contributed by atoms with van der Waals surface area (Å²) in [4.78, 5) is 29.2. The molecule has 6 heteroatoms. The highest BCUT2D eigenvalue weighted by atomic mass is 32.1. The zero-order chi connectivity index (χ0) is 21.5. The van der Waals surface area contributed by atoms with Crippen molar-refractivity contribution in [1.29, 1.82) is 0 Å². The van der Waals surface area contributed by atoms with Crippen molar-refractivity contribution in [3.63, 3.8) is 0 Å². The topological polar surface area (TPSA) is 71.1 Å². The van der Waals surface area contributed by atoms with Gasteiger partial charge in [-0.15, -0.1) is 11.3 Å². The van der Waals surface area contributed by atoms with E-state index >= 15 is 0 Å². The van der Waals surface area contributed by atoms with Crippen LogP contribution < -0.4 is 10.6 Å². The van der Waals surface area contributed by atoms with Gasteiger partial charge in [-0.25, -0.2) is 4.98 Å². The van der Waals surface area contributed by atoms with Crippen LogP contribution in [0.3, 0.4) is 0 Å². The molecule has 0 saturated carbocycles. The van der Waals surface area contributed by atoms with Crippen molar-refractivity contribution in [2.75, 3.05) is 10.6 Å². The number of nitrogens with one attached hydrogen (secondary N) is 2. The minimum absolute atomic E-state index is 0.163. The first kappa shape index (κ1) is 20.5. The third kappa shape index (κ3) is 5.43. The van der Waals surface area contributed by atoms with Crippen LogP contribution in [0.15, 0.2) is 90.4 Å². The van der Waals surface area contributed by atoms with Gasteiger partial charge in [0.1, 0.15) is 0 Å². The van der Waals surface area contributed by atoms with Crippen molar-refractivity contribution in [2.45, 2.75) is 12.8 Å². The lowest BCUT2D eigenvalue weighted by molar-refractivity contribution is 0.101. The molecule has 0 atom stereocenters. The Morgan fingerprint density at radius 1 is 0.774 bits per heavy atom. The maximum Gasteiger partial charge on any atom is 0.257 e. The monoisotopic (exact) mass is 427 g/mol. The fourth-order valence-corrected chi connectivity index (χ4v) is 3.77. The van der Waals surface area contributed by atoms with Crippen molar-refractivity contribution >= 4 is 34.0 Å². The number of amides is 2. The van der Waals surface area contributed by atoms with E-state index in [1.165, 1.54) is 16.9 Å². The van der Waals surface area contributed by atoms with Crippen LogP contribution in [0.5, 0.6) is 0 Å². The first-order valence-electron chi connectivity index (χ1n) is 9.93. The van der Waals surface area contributed by atoms with Gasteiger partial charge >= 0.3 is 0 Å². The molecule has 5 nitrogen and oxygen atoms in total. The van der Waals surface area contributed by atoms with Crippen LogP contribution in [-0.4, -0.2) is 16.8 Å². The third-order valence-electron chi connectivity index (χ3n) is 4.85. The maximum atomic E-state index is 12.9. The molecule has 31 heavy (non-hydrogen) atoms. The van der Waals surface area contributed by atoms with Crippen molar-refractivity contribution < 1.29 is 9.59 Å². The summed E-state index contributed by atoms with van der Waals surface area (Å²) in [7, 11) is 0. The molecule has 154 valence electrons. The Kier molecular flexibility index (Phi) is 6.50. The molecule has 3 aromatic carbocycles. The molecule has 0 unspecified atom stereocenters. The van der Waals surface area contributed by atoms with Gasteiger partial charge in [-0.1, -0.05) is 48.5 Å². The van der Waals surface area contributed by atoms with Gasteiger partial charge in [0.15, 0.2) is 5.13 Å². The fourth-order valence-electron chi connectivity index (χ4n) is 3.24. The average molecular weight is 428 g/mol. The Morgan fingerprint density at radius 3 is 2.26 bits per heavy atom. The second-order valence-electron chi connectivity index (χ2n) is 6.97. The predicted octanol–water partition coefficient (Wildman–Crippen LogP) is 5.43. The summed E-state index contributed by atoms with van der Waals surface area (Å²) < 4.78 is 0. The summed E-state index contributed by atoms with van der Waals surface area (Å²) >= 11 is 1.36. The van der Waals surface area contributed by atoms with Crippen LogP contribution in [-0.2, 0) is 12.8 Å². The standard InChI is InChI=1S/C25H21N3O2S/c29-23(28-25-26-16-17-31-25)20-12-14-21(15-13-20)27-24(30)22-9-5-4-8-19(22)11-10-18-6-2-1-3-7-18/h1-9,12-17H,10-11H2,(H,27,30)(H,26,28,29). The number of nitrogens with zero attached hydrogens (tertiary/aromatic N) is 1. The van der Waals surface area contributed by atoms with Gasteiger partial charge in [-0.05, 0) is 54.3 Å². The van der Waals surface area contributed by atoms with E-state index in [1.807, 2.05) is 42.5 Å². The Labute approximate surface area is 184 Å². The summed E-state index contributed by atoms with van der Waals surface area (Å²) in [5.74, 6) is -0.400. The smallest absolute Gasteiger partial charge is 0.257 e. The first-order chi connectivity index (χ1) is 15.2. The van der Waals surface area contributed by atoms with E-state index in [0.29, 0.717) is 21.9 Å². The van der Waals surface area contributed by atoms with Gasteiger partial charge < -0.3 is 5.32 Å². The van der Waals surface area contributed by atoms with E-state index in [-0.39, 0.29) is 11.8 Å². The second-order valence-corrected chi connectivity index (χ2v) is 7.86. The number of aromatic nitrogens is 1. The highest BCUT2D eigenvalue weighted by Crippen LogP contribution is 2.17. The lowest BCUT2D eigenvalue weighted by Gasteiger charge is -2.11. The molecule has 0 spiro atoms. The minimum Gasteiger partial charge on any atom is -0.322 e. The van der Waals surface area contributed by atoms with E-state index in [2.05, 4.69) is 27.8 Å². The third-order valence-corrected chi connectivity index (χ3v) is 5.53. The molecule has 0 bridgehead atoms. The molecule has 4 rings (SSSR count). The number of benzene rings is 3. The van der Waals surface area contributed by atoms with E-state index in [0.717, 1.165) is 18.4 Å². The Bertz CT molecular complexity index is 1160. The highest BCUT2D eigenvalue weighted by molar-refractivity contribution is 7.13. The first-order valence-corrected chi connectivity index (χ1v) is 10.8. The maximum absolute atomic E-state index is 12.9. The van der Waals surface area contributed by atoms with Crippen LogP contribution in [0.25, 0.3) is 0 Å². The minimum atomic E-state index is -0.237. The van der Waals surface area contributed by atoms with Gasteiger partial charge in [0.25, 0.3) is 11.8 Å². The average Bonchev–Trinajstić information content (AvgIpc) is 3.32. The highest BCUT2D eigenvalue weighted by Gasteiger charge is 2.12. The fraction of sp³-hybridized carbons (Fsp3) is 0.0800. The number of hydrogen-bond donors (Lipinski definition) is 2. The molecule has 1 heterocycles. The molecular formula is C25H21N3O2S. The second kappa shape index (κ2) is 9.82. The molecule has 0 radical (unpaired) electrons. The van der Waals surface area contributed by atoms with Crippen LogP contribution in [0, 0.1) is 0 Å². The summed E-state index contributed by atoms with van der Waals surface area (Å²) in [6.45, 7) is 0. The zero-order valence-electron chi connectivity index (χ0n) is 16.7. The number of anilines is 2. The molecule has 0 aliphatic rings. The van der Waals surface area contributed by atoms with Gasteiger partial charge in [0.2, 0.25) is 0 Å². The molecule has 0 aliphatic carbocycles. The summed E-state index contributed by atoms with van der Waals surface area (Å²) in [6, 6.07) is 24.7. The molecule has 1 aromatic heterocycles. The molecule has 0 fully saturated rings. The molecule has 0 aliphatic heterocycles. The van der Waals surface area contributed by atoms with Gasteiger partial charge in [-0.2, -0.15) is 0 Å². The Hall–Kier alpha value is -3.77. The van der Waals surface area contributed by atoms with Crippen molar-refractivity contribution in [3.05, 3.63) is 113 Å². The lowest BCUT2D eigenvalue weighted by atomic mass is 9.99. The van der Waals surface area contributed by atoms with Crippen LogP contribution in [0.4, 0.5) is 10.8 Å². The Balaban J connectivity index is 1.40. The van der Waals surface area contributed by atoms with E-state index in [4.69, 9.17) is 0 Å². The number of thiazole rings is 1. The number of hydrogen-bond acceptors (Lipinski definition) is 4. The summed E-state index contributed by atoms with van der Waals surface area (Å²) in [5, 5.41) is 8.02. The number of rotatable bonds is 7. The molecule has 0 saturated heterocycles. The molecular weight excluding hydrogens is 406 g/mol. The van der Waals surface area contributed by atoms with Gasteiger partial charge in [0, 0.05) is 28.4 Å². The summed E-state index contributed by atoms with van der Waals surface area (Å²) in [5.41, 5.74) is 4.03. The van der Waals surface area contributed by atoms with Crippen LogP contribution >= 0.6 is 11.3 Å². The van der Waals surface area contributed by atoms with Crippen molar-refractivity contribution in [1.82, 2.24) is 4.98 Å². The van der Waals surface area contributed by atoms with Crippen molar-refractivity contribution in [3.8, 4) is 0 Å². The Morgan fingerprint density at radius 2 is 1.52 bits per heavy atom. The SMILES string of the molecule is O=C(Nc1nccs1)c1ccc(NC(=O)c2ccccc2CCc2ccccc2)cc1. The molecule has 2 N–H and O–H groups in total. The van der Waals surface area contributed by atoms with Crippen LogP contribution in [0.1, 0.15) is 31.8 Å². The van der Waals surface area contributed by atoms with E-state index in [9.17, 15) is 9.59 Å². The number of carbonyl (C=O) groups is 2. The lowest BCUT2D eigenvalue weighted by Crippen LogP contribution is -2.15. The zero-order valence-corrected chi connectivity index (χ0v) is 17.6. The normalized spacial score (nSPS) is 10.5. The predicted molar refractivity (Wildman–Crippen MR) is 125 cm³/mol. The van der Waals surface area contributed by atoms with Gasteiger partial charge in [0.05, 0.1) is 0 Å². The number of aryl methyl sites for hydroxylation is 2. The molecule has 4 aromatic rings. The van der Waals surface area contributed by atoms with E-state index < -0.39 is 0 Å².